The number of urea groups is 1. The van der Waals surface area contributed by atoms with Crippen molar-refractivity contribution in [3.05, 3.63) is 108 Å². The molecular weight excluding hydrogens is 813 g/mol. The topological polar surface area (TPSA) is 283 Å². The normalized spacial score (nSPS) is 12.4. The van der Waals surface area contributed by atoms with E-state index in [-0.39, 0.29) is 76.7 Å². The summed E-state index contributed by atoms with van der Waals surface area (Å²) in [6.45, 7) is 3.01. The molecule has 8 N–H and O–H groups in total. The Morgan fingerprint density at radius 2 is 0.857 bits per heavy atom. The van der Waals surface area contributed by atoms with Gasteiger partial charge < -0.3 is 20.8 Å². The van der Waals surface area contributed by atoms with Crippen molar-refractivity contribution >= 4 is 90.6 Å². The van der Waals surface area contributed by atoms with Gasteiger partial charge >= 0.3 is 6.03 Å². The van der Waals surface area contributed by atoms with Gasteiger partial charge in [-0.2, -0.15) is 16.8 Å². The quantitative estimate of drug-likeness (QED) is 0.0602. The average molecular weight is 843 g/mol. The highest BCUT2D eigenvalue weighted by molar-refractivity contribution is 7.93. The molecule has 21 heteroatoms. The lowest BCUT2D eigenvalue weighted by Crippen LogP contribution is -2.21. The van der Waals surface area contributed by atoms with E-state index in [1.807, 2.05) is 0 Å². The van der Waals surface area contributed by atoms with E-state index in [1.54, 1.807) is 0 Å². The van der Waals surface area contributed by atoms with E-state index in [0.29, 0.717) is 0 Å². The third-order valence-electron chi connectivity index (χ3n) is 8.49. The molecule has 6 rings (SSSR count). The standard InChI is InChI=1S/C35H30N4O13S4/c1-19-3-5-21(15-33(19)53(43,44)38-29-11-13-31(40)27-17-23(55(47,48)49)7-9-25(27)29)36-35(42)37-22-6-4-20(2)34(16-22)54(45,46)39-30-12-14-32(41)28-18-24(56(50,51)52)8-10-26(28)30/h3-18,38-41H,1-2H3,(H2,36,37,42)(H,47,48,49)(H,50,51,52). The summed E-state index contributed by atoms with van der Waals surface area (Å²) < 4.78 is 124. The fourth-order valence-electron chi connectivity index (χ4n) is 5.75. The van der Waals surface area contributed by atoms with Crippen molar-refractivity contribution in [3.63, 3.8) is 0 Å². The zero-order valence-corrected chi connectivity index (χ0v) is 32.1. The van der Waals surface area contributed by atoms with Crippen molar-refractivity contribution in [3.8, 4) is 11.5 Å². The van der Waals surface area contributed by atoms with Crippen LogP contribution in [-0.4, -0.2) is 59.0 Å². The Morgan fingerprint density at radius 3 is 1.21 bits per heavy atom. The largest absolute Gasteiger partial charge is 0.507 e. The van der Waals surface area contributed by atoms with Crippen LogP contribution in [0.25, 0.3) is 21.5 Å². The van der Waals surface area contributed by atoms with E-state index in [4.69, 9.17) is 0 Å². The van der Waals surface area contributed by atoms with Crippen LogP contribution in [0.5, 0.6) is 11.5 Å². The fraction of sp³-hybridized carbons (Fsp3) is 0.0571. The highest BCUT2D eigenvalue weighted by Gasteiger charge is 2.23. The molecule has 56 heavy (non-hydrogen) atoms. The van der Waals surface area contributed by atoms with Gasteiger partial charge in [-0.1, -0.05) is 24.3 Å². The molecule has 0 radical (unpaired) electrons. The summed E-state index contributed by atoms with van der Waals surface area (Å²) in [6.07, 6.45) is 0. The number of anilines is 4. The Balaban J connectivity index is 1.22. The number of phenolic OH excluding ortho intramolecular Hbond substituents is 2. The molecule has 0 spiro atoms. The Bertz CT molecular complexity index is 2880. The highest BCUT2D eigenvalue weighted by Crippen LogP contribution is 2.36. The zero-order chi connectivity index (χ0) is 41.0. The molecule has 0 saturated heterocycles. The first-order chi connectivity index (χ1) is 26.0. The smallest absolute Gasteiger partial charge is 0.323 e. The first-order valence-electron chi connectivity index (χ1n) is 15.8. The van der Waals surface area contributed by atoms with Gasteiger partial charge in [-0.25, -0.2) is 21.6 Å². The third-order valence-corrected chi connectivity index (χ3v) is 13.2. The van der Waals surface area contributed by atoms with E-state index in [1.165, 1.54) is 74.5 Å². The van der Waals surface area contributed by atoms with E-state index >= 15 is 0 Å². The maximum Gasteiger partial charge on any atom is 0.323 e. The zero-order valence-electron chi connectivity index (χ0n) is 28.8. The van der Waals surface area contributed by atoms with E-state index < -0.39 is 56.1 Å². The SMILES string of the molecule is Cc1ccc(NC(=O)Nc2ccc(C)c(S(=O)(=O)Nc3ccc(O)c4cc(S(=O)(=O)O)ccc34)c2)cc1S(=O)(=O)Nc1ccc(O)c2cc(S(=O)(=O)O)ccc12. The number of benzene rings is 6. The summed E-state index contributed by atoms with van der Waals surface area (Å²) in [4.78, 5) is 11.5. The van der Waals surface area contributed by atoms with Crippen molar-refractivity contribution in [2.45, 2.75) is 33.4 Å². The molecule has 292 valence electrons. The minimum atomic E-state index is -4.62. The van der Waals surface area contributed by atoms with Crippen LogP contribution in [-0.2, 0) is 40.3 Å². The second kappa shape index (κ2) is 14.3. The Kier molecular flexibility index (Phi) is 10.1. The van der Waals surface area contributed by atoms with Crippen LogP contribution < -0.4 is 20.1 Å². The van der Waals surface area contributed by atoms with Crippen LogP contribution in [0.4, 0.5) is 27.5 Å². The molecule has 6 aromatic carbocycles. The highest BCUT2D eigenvalue weighted by atomic mass is 32.2. The maximum absolute atomic E-state index is 13.6. The molecule has 0 aromatic heterocycles. The molecule has 0 aliphatic rings. The number of phenols is 2. The number of carbonyl (C=O) groups excluding carboxylic acids is 1. The van der Waals surface area contributed by atoms with Gasteiger partial charge in [0, 0.05) is 32.9 Å². The van der Waals surface area contributed by atoms with Crippen LogP contribution in [0.15, 0.2) is 117 Å². The number of rotatable bonds is 10. The molecule has 6 aromatic rings. The number of carbonyl (C=O) groups is 1. The van der Waals surface area contributed by atoms with Gasteiger partial charge in [0.25, 0.3) is 40.3 Å². The lowest BCUT2D eigenvalue weighted by atomic mass is 10.1. The Hall–Kier alpha value is -5.97. The van der Waals surface area contributed by atoms with Gasteiger partial charge in [0.1, 0.15) is 11.5 Å². The average Bonchev–Trinajstić information content (AvgIpc) is 3.11. The monoisotopic (exact) mass is 842 g/mol. The van der Waals surface area contributed by atoms with Crippen molar-refractivity contribution in [2.75, 3.05) is 20.1 Å². The van der Waals surface area contributed by atoms with Gasteiger partial charge in [0.05, 0.1) is 31.0 Å². The minimum absolute atomic E-state index is 0.0276. The summed E-state index contributed by atoms with van der Waals surface area (Å²) >= 11 is 0. The Labute approximate surface area is 320 Å². The molecule has 0 atom stereocenters. The van der Waals surface area contributed by atoms with Crippen molar-refractivity contribution in [1.82, 2.24) is 0 Å². The van der Waals surface area contributed by atoms with Gasteiger partial charge in [-0.15, -0.1) is 0 Å². The second-order valence-corrected chi connectivity index (χ2v) is 18.5. The molecule has 0 saturated carbocycles. The number of amides is 2. The molecule has 0 heterocycles. The van der Waals surface area contributed by atoms with Crippen molar-refractivity contribution in [1.29, 1.82) is 0 Å². The summed E-state index contributed by atoms with van der Waals surface area (Å²) in [5.74, 6) is -0.747. The van der Waals surface area contributed by atoms with Crippen LogP contribution in [0.1, 0.15) is 11.1 Å². The second-order valence-electron chi connectivity index (χ2n) is 12.4. The third kappa shape index (κ3) is 8.17. The molecule has 17 nitrogen and oxygen atoms in total. The predicted molar refractivity (Wildman–Crippen MR) is 207 cm³/mol. The predicted octanol–water partition coefficient (Wildman–Crippen LogP) is 5.76. The number of hydrogen-bond acceptors (Lipinski definition) is 11. The van der Waals surface area contributed by atoms with Crippen LogP contribution in [0.3, 0.4) is 0 Å². The van der Waals surface area contributed by atoms with E-state index in [2.05, 4.69) is 20.1 Å². The lowest BCUT2D eigenvalue weighted by molar-refractivity contribution is 0.262. The fourth-order valence-corrected chi connectivity index (χ4v) is 9.47. The molecule has 2 amide bonds. The molecular formula is C35H30N4O13S4. The molecule has 0 aliphatic heterocycles. The first kappa shape index (κ1) is 39.7. The van der Waals surface area contributed by atoms with Crippen molar-refractivity contribution < 1.29 is 57.8 Å². The summed E-state index contributed by atoms with van der Waals surface area (Å²) in [7, 11) is -18.0. The Morgan fingerprint density at radius 1 is 0.482 bits per heavy atom. The van der Waals surface area contributed by atoms with Crippen LogP contribution in [0.2, 0.25) is 0 Å². The van der Waals surface area contributed by atoms with E-state index in [0.717, 1.165) is 36.4 Å². The molecule has 0 unspecified atom stereocenters. The van der Waals surface area contributed by atoms with E-state index in [9.17, 15) is 57.8 Å². The van der Waals surface area contributed by atoms with Gasteiger partial charge in [0.2, 0.25) is 0 Å². The summed E-state index contributed by atoms with van der Waals surface area (Å²) in [6, 6.07) is 18.4. The van der Waals surface area contributed by atoms with Crippen LogP contribution in [0, 0.1) is 13.8 Å². The number of aromatic hydroxyl groups is 2. The number of aryl methyl sites for hydroxylation is 2. The molecule has 0 aliphatic carbocycles. The van der Waals surface area contributed by atoms with Crippen LogP contribution >= 0.6 is 0 Å². The van der Waals surface area contributed by atoms with Gasteiger partial charge in [-0.3, -0.25) is 18.5 Å². The molecule has 0 bridgehead atoms. The van der Waals surface area contributed by atoms with Gasteiger partial charge in [-0.05, 0) is 97.8 Å². The number of fused-ring (bicyclic) bond motifs is 2. The molecule has 0 fully saturated rings. The minimum Gasteiger partial charge on any atom is -0.507 e. The first-order valence-corrected chi connectivity index (χ1v) is 21.7. The summed E-state index contributed by atoms with van der Waals surface area (Å²) in [5.41, 5.74) is 0.557. The number of hydrogen-bond donors (Lipinski definition) is 8. The summed E-state index contributed by atoms with van der Waals surface area (Å²) in [5, 5.41) is 25.7. The van der Waals surface area contributed by atoms with Gasteiger partial charge in [0.15, 0.2) is 0 Å². The number of sulfonamides is 2. The lowest BCUT2D eigenvalue weighted by Gasteiger charge is -2.16. The maximum atomic E-state index is 13.6. The number of nitrogens with one attached hydrogen (secondary N) is 4. The van der Waals surface area contributed by atoms with Crippen molar-refractivity contribution in [2.24, 2.45) is 0 Å².